The van der Waals surface area contributed by atoms with Crippen molar-refractivity contribution in [2.45, 2.75) is 26.2 Å². The second-order valence-electron chi connectivity index (χ2n) is 4.55. The first-order valence-electron chi connectivity index (χ1n) is 6.20. The summed E-state index contributed by atoms with van der Waals surface area (Å²) in [5.74, 6) is -0.987. The van der Waals surface area contributed by atoms with Gasteiger partial charge in [0.25, 0.3) is 5.91 Å². The molecule has 6 heteroatoms. The number of nitrogens with two attached hydrogens (primary N) is 1. The van der Waals surface area contributed by atoms with E-state index in [-0.39, 0.29) is 12.1 Å². The summed E-state index contributed by atoms with van der Waals surface area (Å²) in [5, 5.41) is 11.7. The van der Waals surface area contributed by atoms with Crippen molar-refractivity contribution in [1.82, 2.24) is 4.98 Å². The summed E-state index contributed by atoms with van der Waals surface area (Å²) in [6, 6.07) is 3.36. The van der Waals surface area contributed by atoms with Crippen molar-refractivity contribution >= 4 is 17.6 Å². The maximum absolute atomic E-state index is 11.0. The quantitative estimate of drug-likeness (QED) is 0.660. The largest absolute Gasteiger partial charge is 0.481 e. The highest BCUT2D eigenvalue weighted by molar-refractivity contribution is 5.91. The monoisotopic (exact) mass is 265 g/mol. The zero-order valence-corrected chi connectivity index (χ0v) is 10.9. The van der Waals surface area contributed by atoms with Crippen LogP contribution >= 0.6 is 0 Å². The van der Waals surface area contributed by atoms with Gasteiger partial charge in [-0.1, -0.05) is 6.92 Å². The Balaban J connectivity index is 2.34. The fraction of sp³-hybridized carbons (Fsp3) is 0.462. The van der Waals surface area contributed by atoms with Gasteiger partial charge in [0.2, 0.25) is 0 Å². The SMILES string of the molecule is CC(CCNc1ccnc(C(N)=O)c1)CCC(=O)O. The van der Waals surface area contributed by atoms with Crippen molar-refractivity contribution in [3.05, 3.63) is 24.0 Å². The van der Waals surface area contributed by atoms with Gasteiger partial charge in [-0.2, -0.15) is 0 Å². The third-order valence-corrected chi connectivity index (χ3v) is 2.83. The van der Waals surface area contributed by atoms with Crippen LogP contribution in [0.5, 0.6) is 0 Å². The number of pyridine rings is 1. The van der Waals surface area contributed by atoms with E-state index in [1.54, 1.807) is 12.1 Å². The average molecular weight is 265 g/mol. The van der Waals surface area contributed by atoms with Crippen molar-refractivity contribution < 1.29 is 14.7 Å². The molecule has 104 valence electrons. The van der Waals surface area contributed by atoms with Crippen molar-refractivity contribution in [3.63, 3.8) is 0 Å². The van der Waals surface area contributed by atoms with Gasteiger partial charge in [-0.25, -0.2) is 0 Å². The highest BCUT2D eigenvalue weighted by Gasteiger charge is 2.06. The van der Waals surface area contributed by atoms with Gasteiger partial charge < -0.3 is 16.2 Å². The molecule has 1 heterocycles. The number of nitrogens with one attached hydrogen (secondary N) is 1. The zero-order chi connectivity index (χ0) is 14.3. The van der Waals surface area contributed by atoms with Crippen LogP contribution in [-0.2, 0) is 4.79 Å². The fourth-order valence-corrected chi connectivity index (χ4v) is 1.65. The summed E-state index contributed by atoms with van der Waals surface area (Å²) in [4.78, 5) is 25.2. The Hall–Kier alpha value is -2.11. The van der Waals surface area contributed by atoms with Crippen LogP contribution in [0.2, 0.25) is 0 Å². The molecule has 0 radical (unpaired) electrons. The number of aromatic nitrogens is 1. The smallest absolute Gasteiger partial charge is 0.303 e. The number of nitrogens with zero attached hydrogens (tertiary/aromatic N) is 1. The number of carboxylic acids is 1. The van der Waals surface area contributed by atoms with E-state index in [0.29, 0.717) is 18.9 Å². The summed E-state index contributed by atoms with van der Waals surface area (Å²) in [5.41, 5.74) is 6.15. The van der Waals surface area contributed by atoms with Crippen molar-refractivity contribution in [3.8, 4) is 0 Å². The minimum absolute atomic E-state index is 0.197. The second-order valence-corrected chi connectivity index (χ2v) is 4.55. The van der Waals surface area contributed by atoms with E-state index in [2.05, 4.69) is 10.3 Å². The summed E-state index contributed by atoms with van der Waals surface area (Å²) < 4.78 is 0. The lowest BCUT2D eigenvalue weighted by molar-refractivity contribution is -0.137. The molecule has 0 aliphatic heterocycles. The molecule has 1 atom stereocenters. The Kier molecular flexibility index (Phi) is 5.78. The first-order valence-corrected chi connectivity index (χ1v) is 6.20. The Morgan fingerprint density at radius 3 is 2.84 bits per heavy atom. The number of hydrogen-bond acceptors (Lipinski definition) is 4. The normalized spacial score (nSPS) is 11.8. The molecule has 19 heavy (non-hydrogen) atoms. The van der Waals surface area contributed by atoms with E-state index in [9.17, 15) is 9.59 Å². The predicted octanol–water partition coefficient (Wildman–Crippen LogP) is 1.48. The number of rotatable bonds is 8. The van der Waals surface area contributed by atoms with E-state index >= 15 is 0 Å². The van der Waals surface area contributed by atoms with Crippen LogP contribution in [0.3, 0.4) is 0 Å². The number of aliphatic carboxylic acids is 1. The van der Waals surface area contributed by atoms with Gasteiger partial charge in [0.15, 0.2) is 0 Å². The van der Waals surface area contributed by atoms with Gasteiger partial charge >= 0.3 is 5.97 Å². The van der Waals surface area contributed by atoms with Gasteiger partial charge in [-0.05, 0) is 30.9 Å². The first kappa shape index (κ1) is 14.9. The molecule has 4 N–H and O–H groups in total. The minimum atomic E-state index is -0.764. The predicted molar refractivity (Wildman–Crippen MR) is 71.9 cm³/mol. The Bertz CT molecular complexity index is 449. The van der Waals surface area contributed by atoms with Crippen LogP contribution in [0.15, 0.2) is 18.3 Å². The van der Waals surface area contributed by atoms with E-state index in [0.717, 1.165) is 12.1 Å². The molecule has 0 aliphatic carbocycles. The lowest BCUT2D eigenvalue weighted by atomic mass is 10.0. The maximum atomic E-state index is 11.0. The molecule has 0 fully saturated rings. The lowest BCUT2D eigenvalue weighted by Crippen LogP contribution is -2.14. The Morgan fingerprint density at radius 2 is 2.21 bits per heavy atom. The molecule has 6 nitrogen and oxygen atoms in total. The molecule has 1 aromatic heterocycles. The fourth-order valence-electron chi connectivity index (χ4n) is 1.65. The van der Waals surface area contributed by atoms with Gasteiger partial charge in [-0.15, -0.1) is 0 Å². The Labute approximate surface area is 112 Å². The standard InChI is InChI=1S/C13H19N3O3/c1-9(2-3-12(17)18)4-6-15-10-5-7-16-11(8-10)13(14)19/h5,7-9H,2-4,6H2,1H3,(H2,14,19)(H,15,16)(H,17,18). The van der Waals surface area contributed by atoms with Crippen molar-refractivity contribution in [1.29, 1.82) is 0 Å². The molecule has 0 spiro atoms. The molecule has 1 unspecified atom stereocenters. The molecule has 0 bridgehead atoms. The van der Waals surface area contributed by atoms with Crippen molar-refractivity contribution in [2.24, 2.45) is 11.7 Å². The molecular weight excluding hydrogens is 246 g/mol. The van der Waals surface area contributed by atoms with Crippen LogP contribution in [0.25, 0.3) is 0 Å². The van der Waals surface area contributed by atoms with E-state index in [1.807, 2.05) is 6.92 Å². The Morgan fingerprint density at radius 1 is 1.47 bits per heavy atom. The molecule has 1 amide bonds. The minimum Gasteiger partial charge on any atom is -0.481 e. The highest BCUT2D eigenvalue weighted by Crippen LogP contribution is 2.12. The van der Waals surface area contributed by atoms with Gasteiger partial charge in [0, 0.05) is 24.8 Å². The second kappa shape index (κ2) is 7.35. The van der Waals surface area contributed by atoms with Crippen LogP contribution in [0, 0.1) is 5.92 Å². The van der Waals surface area contributed by atoms with Crippen LogP contribution in [-0.4, -0.2) is 28.5 Å². The summed E-state index contributed by atoms with van der Waals surface area (Å²) >= 11 is 0. The first-order chi connectivity index (χ1) is 8.99. The topological polar surface area (TPSA) is 105 Å². The number of anilines is 1. The molecule has 0 aromatic carbocycles. The summed E-state index contributed by atoms with van der Waals surface area (Å²) in [7, 11) is 0. The zero-order valence-electron chi connectivity index (χ0n) is 10.9. The molecule has 1 aromatic rings. The molecule has 0 saturated heterocycles. The third-order valence-electron chi connectivity index (χ3n) is 2.83. The van der Waals surface area contributed by atoms with Crippen molar-refractivity contribution in [2.75, 3.05) is 11.9 Å². The number of amides is 1. The van der Waals surface area contributed by atoms with Gasteiger partial charge in [0.05, 0.1) is 0 Å². The summed E-state index contributed by atoms with van der Waals surface area (Å²) in [6.07, 6.45) is 3.25. The molecule has 0 saturated carbocycles. The van der Waals surface area contributed by atoms with Crippen LogP contribution in [0.4, 0.5) is 5.69 Å². The van der Waals surface area contributed by atoms with Gasteiger partial charge in [-0.3, -0.25) is 14.6 Å². The number of primary amides is 1. The number of carbonyl (C=O) groups is 2. The van der Waals surface area contributed by atoms with E-state index < -0.39 is 11.9 Å². The highest BCUT2D eigenvalue weighted by atomic mass is 16.4. The molecule has 0 aliphatic rings. The number of carboxylic acid groups (broad SMARTS) is 1. The molecular formula is C13H19N3O3. The average Bonchev–Trinajstić information content (AvgIpc) is 2.36. The number of hydrogen-bond donors (Lipinski definition) is 3. The van der Waals surface area contributed by atoms with E-state index in [4.69, 9.17) is 10.8 Å². The number of carbonyl (C=O) groups excluding carboxylic acids is 1. The lowest BCUT2D eigenvalue weighted by Gasteiger charge is -2.11. The third kappa shape index (κ3) is 5.85. The van der Waals surface area contributed by atoms with E-state index in [1.165, 1.54) is 6.20 Å². The summed E-state index contributed by atoms with van der Waals surface area (Å²) in [6.45, 7) is 2.73. The van der Waals surface area contributed by atoms with Gasteiger partial charge in [0.1, 0.15) is 5.69 Å². The van der Waals surface area contributed by atoms with Crippen LogP contribution in [0.1, 0.15) is 36.7 Å². The van der Waals surface area contributed by atoms with Crippen LogP contribution < -0.4 is 11.1 Å². The maximum Gasteiger partial charge on any atom is 0.303 e. The molecule has 1 rings (SSSR count).